The maximum Gasteiger partial charge on any atom is 0.0626 e. The summed E-state index contributed by atoms with van der Waals surface area (Å²) in [7, 11) is 0. The van der Waals surface area contributed by atoms with E-state index >= 15 is 0 Å². The van der Waals surface area contributed by atoms with Crippen molar-refractivity contribution in [3.8, 4) is 0 Å². The van der Waals surface area contributed by atoms with Crippen molar-refractivity contribution in [3.63, 3.8) is 0 Å². The zero-order valence-corrected chi connectivity index (χ0v) is 8.84. The van der Waals surface area contributed by atoms with Crippen LogP contribution >= 0.6 is 15.9 Å². The Morgan fingerprint density at radius 3 is 3.15 bits per heavy atom. The fourth-order valence-electron chi connectivity index (χ4n) is 1.78. The second-order valence-electron chi connectivity index (χ2n) is 3.28. The molecule has 0 fully saturated rings. The predicted molar refractivity (Wildman–Crippen MR) is 55.7 cm³/mol. The van der Waals surface area contributed by atoms with Gasteiger partial charge in [0.2, 0.25) is 0 Å². The molecule has 2 N–H and O–H groups in total. The molecule has 3 heteroatoms. The molecule has 0 bridgehead atoms. The third-order valence-corrected chi connectivity index (χ3v) is 2.94. The van der Waals surface area contributed by atoms with Crippen molar-refractivity contribution >= 4 is 15.9 Å². The normalized spacial score (nSPS) is 21.2. The molecular formula is C10H12BrNO. The maximum absolute atomic E-state index is 9.13. The highest BCUT2D eigenvalue weighted by Gasteiger charge is 2.18. The molecule has 1 aliphatic heterocycles. The number of hydrogen-bond donors (Lipinski definition) is 2. The number of halogens is 1. The number of fused-ring (bicyclic) bond motifs is 1. The van der Waals surface area contributed by atoms with Gasteiger partial charge >= 0.3 is 0 Å². The van der Waals surface area contributed by atoms with Crippen LogP contribution in [0.3, 0.4) is 0 Å². The van der Waals surface area contributed by atoms with E-state index in [9.17, 15) is 0 Å². The van der Waals surface area contributed by atoms with Crippen molar-refractivity contribution < 1.29 is 5.11 Å². The third-order valence-electron chi connectivity index (χ3n) is 2.45. The number of hydrogen-bond acceptors (Lipinski definition) is 2. The molecule has 0 radical (unpaired) electrons. The molecule has 1 aromatic carbocycles. The lowest BCUT2D eigenvalue weighted by Gasteiger charge is -2.25. The maximum atomic E-state index is 9.13. The minimum Gasteiger partial charge on any atom is -0.394 e. The summed E-state index contributed by atoms with van der Waals surface area (Å²) in [5, 5.41) is 12.4. The molecule has 0 saturated carbocycles. The van der Waals surface area contributed by atoms with E-state index in [1.54, 1.807) is 0 Å². The minimum absolute atomic E-state index is 0.122. The molecule has 1 aromatic rings. The van der Waals surface area contributed by atoms with Crippen LogP contribution < -0.4 is 5.32 Å². The van der Waals surface area contributed by atoms with Gasteiger partial charge in [0.25, 0.3) is 0 Å². The number of nitrogens with one attached hydrogen (secondary N) is 1. The average Bonchev–Trinajstić information content (AvgIpc) is 2.16. The molecule has 0 amide bonds. The molecule has 1 heterocycles. The van der Waals surface area contributed by atoms with E-state index in [1.165, 1.54) is 11.1 Å². The molecule has 1 aliphatic rings. The Balaban J connectivity index is 2.40. The highest BCUT2D eigenvalue weighted by Crippen LogP contribution is 2.25. The van der Waals surface area contributed by atoms with Crippen LogP contribution in [-0.4, -0.2) is 18.3 Å². The zero-order valence-electron chi connectivity index (χ0n) is 7.26. The summed E-state index contributed by atoms with van der Waals surface area (Å²) in [6.45, 7) is 1.13. The van der Waals surface area contributed by atoms with E-state index < -0.39 is 0 Å². The lowest BCUT2D eigenvalue weighted by molar-refractivity contribution is 0.240. The van der Waals surface area contributed by atoms with Crippen molar-refractivity contribution in [1.29, 1.82) is 0 Å². The average molecular weight is 242 g/mol. The summed E-state index contributed by atoms with van der Waals surface area (Å²) >= 11 is 3.45. The first-order valence-electron chi connectivity index (χ1n) is 4.44. The first-order valence-corrected chi connectivity index (χ1v) is 5.23. The summed E-state index contributed by atoms with van der Waals surface area (Å²) in [6, 6.07) is 6.36. The Morgan fingerprint density at radius 2 is 2.38 bits per heavy atom. The fourth-order valence-corrected chi connectivity index (χ4v) is 2.19. The molecule has 2 nitrogen and oxygen atoms in total. The number of benzene rings is 1. The van der Waals surface area contributed by atoms with Crippen LogP contribution in [0.15, 0.2) is 22.7 Å². The summed E-state index contributed by atoms with van der Waals surface area (Å²) in [4.78, 5) is 0. The van der Waals surface area contributed by atoms with Crippen LogP contribution in [0.4, 0.5) is 0 Å². The number of aliphatic hydroxyl groups is 1. The SMILES string of the molecule is OC[C@@H]1NCCc2cc(Br)ccc21. The summed E-state index contributed by atoms with van der Waals surface area (Å²) < 4.78 is 1.12. The van der Waals surface area contributed by atoms with E-state index in [4.69, 9.17) is 5.11 Å². The van der Waals surface area contributed by atoms with Gasteiger partial charge in [0.1, 0.15) is 0 Å². The molecule has 0 spiro atoms. The topological polar surface area (TPSA) is 32.3 Å². The van der Waals surface area contributed by atoms with Crippen LogP contribution in [-0.2, 0) is 6.42 Å². The van der Waals surface area contributed by atoms with Crippen molar-refractivity contribution in [3.05, 3.63) is 33.8 Å². The van der Waals surface area contributed by atoms with Gasteiger partial charge in [0.15, 0.2) is 0 Å². The highest BCUT2D eigenvalue weighted by atomic mass is 79.9. The second-order valence-corrected chi connectivity index (χ2v) is 4.20. The molecule has 0 saturated heterocycles. The fraction of sp³-hybridized carbons (Fsp3) is 0.400. The Hall–Kier alpha value is -0.380. The van der Waals surface area contributed by atoms with Crippen LogP contribution in [0.2, 0.25) is 0 Å². The molecule has 1 atom stereocenters. The molecule has 13 heavy (non-hydrogen) atoms. The minimum atomic E-state index is 0.122. The first-order chi connectivity index (χ1) is 6.31. The lowest BCUT2D eigenvalue weighted by atomic mass is 9.95. The molecule has 70 valence electrons. The number of aliphatic hydroxyl groups excluding tert-OH is 1. The highest BCUT2D eigenvalue weighted by molar-refractivity contribution is 9.10. The van der Waals surface area contributed by atoms with Crippen LogP contribution in [0, 0.1) is 0 Å². The van der Waals surface area contributed by atoms with Gasteiger partial charge in [-0.1, -0.05) is 22.0 Å². The van der Waals surface area contributed by atoms with E-state index in [2.05, 4.69) is 33.4 Å². The largest absolute Gasteiger partial charge is 0.394 e. The van der Waals surface area contributed by atoms with E-state index in [-0.39, 0.29) is 12.6 Å². The summed E-state index contributed by atoms with van der Waals surface area (Å²) in [5.74, 6) is 0. The molecule has 0 aromatic heterocycles. The Morgan fingerprint density at radius 1 is 1.54 bits per heavy atom. The van der Waals surface area contributed by atoms with Crippen molar-refractivity contribution in [2.75, 3.05) is 13.2 Å². The first kappa shape index (κ1) is 9.19. The van der Waals surface area contributed by atoms with Crippen LogP contribution in [0.5, 0.6) is 0 Å². The summed E-state index contributed by atoms with van der Waals surface area (Å²) in [6.07, 6.45) is 1.05. The quantitative estimate of drug-likeness (QED) is 0.784. The van der Waals surface area contributed by atoms with Crippen molar-refractivity contribution in [2.45, 2.75) is 12.5 Å². The summed E-state index contributed by atoms with van der Waals surface area (Å²) in [5.41, 5.74) is 2.57. The van der Waals surface area contributed by atoms with Crippen LogP contribution in [0.25, 0.3) is 0 Å². The van der Waals surface area contributed by atoms with Crippen molar-refractivity contribution in [2.24, 2.45) is 0 Å². The number of rotatable bonds is 1. The standard InChI is InChI=1S/C10H12BrNO/c11-8-1-2-9-7(5-8)3-4-12-10(9)6-13/h1-2,5,10,12-13H,3-4,6H2/t10-/m0/s1. The lowest BCUT2D eigenvalue weighted by Crippen LogP contribution is -2.31. The van der Waals surface area contributed by atoms with Gasteiger partial charge < -0.3 is 10.4 Å². The van der Waals surface area contributed by atoms with Gasteiger partial charge in [-0.2, -0.15) is 0 Å². The van der Waals surface area contributed by atoms with E-state index in [0.717, 1.165) is 17.4 Å². The second kappa shape index (κ2) is 3.78. The van der Waals surface area contributed by atoms with Gasteiger partial charge in [0.05, 0.1) is 12.6 Å². The molecule has 0 aliphatic carbocycles. The monoisotopic (exact) mass is 241 g/mol. The Bertz CT molecular complexity index is 314. The van der Waals surface area contributed by atoms with Gasteiger partial charge in [-0.05, 0) is 36.2 Å². The Kier molecular flexibility index (Phi) is 2.67. The Labute approximate surface area is 86.1 Å². The van der Waals surface area contributed by atoms with E-state index in [0.29, 0.717) is 0 Å². The molecular weight excluding hydrogens is 230 g/mol. The van der Waals surface area contributed by atoms with Gasteiger partial charge in [0, 0.05) is 4.47 Å². The molecule has 0 unspecified atom stereocenters. The predicted octanol–water partition coefficient (Wildman–Crippen LogP) is 1.63. The molecule has 2 rings (SSSR count). The van der Waals surface area contributed by atoms with Gasteiger partial charge in [-0.3, -0.25) is 0 Å². The third kappa shape index (κ3) is 1.77. The van der Waals surface area contributed by atoms with Crippen LogP contribution in [0.1, 0.15) is 17.2 Å². The smallest absolute Gasteiger partial charge is 0.0626 e. The van der Waals surface area contributed by atoms with Gasteiger partial charge in [-0.15, -0.1) is 0 Å². The van der Waals surface area contributed by atoms with E-state index in [1.807, 2.05) is 6.07 Å². The van der Waals surface area contributed by atoms with Gasteiger partial charge in [-0.25, -0.2) is 0 Å². The van der Waals surface area contributed by atoms with Crippen molar-refractivity contribution in [1.82, 2.24) is 5.32 Å². The zero-order chi connectivity index (χ0) is 9.26.